The van der Waals surface area contributed by atoms with Gasteiger partial charge in [0.2, 0.25) is 0 Å². The van der Waals surface area contributed by atoms with Gasteiger partial charge in [-0.15, -0.1) is 0 Å². The fourth-order valence-electron chi connectivity index (χ4n) is 1.45. The molecule has 0 heterocycles. The minimum absolute atomic E-state index is 0.000556. The van der Waals surface area contributed by atoms with Crippen LogP contribution in [0.4, 0.5) is 4.39 Å². The van der Waals surface area contributed by atoms with Crippen molar-refractivity contribution in [3.05, 3.63) is 47.8 Å². The molecule has 0 amide bonds. The number of fused-ring (bicyclic) bond motifs is 1. The molecular formula is C11H7FO2. The van der Waals surface area contributed by atoms with Gasteiger partial charge >= 0.3 is 5.97 Å². The fourth-order valence-corrected chi connectivity index (χ4v) is 1.45. The second kappa shape index (κ2) is 3.10. The summed E-state index contributed by atoms with van der Waals surface area (Å²) in [6.07, 6.45) is 0. The highest BCUT2D eigenvalue weighted by Crippen LogP contribution is 2.20. The maximum absolute atomic E-state index is 13.0. The summed E-state index contributed by atoms with van der Waals surface area (Å²) in [5, 5.41) is 10.00. The van der Waals surface area contributed by atoms with Crippen molar-refractivity contribution >= 4 is 16.7 Å². The molecule has 0 saturated carbocycles. The van der Waals surface area contributed by atoms with Crippen molar-refractivity contribution in [1.82, 2.24) is 0 Å². The SMILES string of the molecule is O=C(O)c1cc(F)cc2ccccc12. The van der Waals surface area contributed by atoms with Crippen molar-refractivity contribution in [1.29, 1.82) is 0 Å². The zero-order valence-corrected chi connectivity index (χ0v) is 7.20. The molecule has 2 nitrogen and oxygen atoms in total. The summed E-state index contributed by atoms with van der Waals surface area (Å²) in [5.41, 5.74) is 0.000556. The van der Waals surface area contributed by atoms with Crippen LogP contribution in [0.15, 0.2) is 36.4 Å². The molecule has 2 rings (SSSR count). The average molecular weight is 190 g/mol. The van der Waals surface area contributed by atoms with E-state index in [1.165, 1.54) is 6.07 Å². The third-order valence-electron chi connectivity index (χ3n) is 2.06. The first-order valence-corrected chi connectivity index (χ1v) is 4.10. The van der Waals surface area contributed by atoms with E-state index in [1.807, 2.05) is 0 Å². The van der Waals surface area contributed by atoms with E-state index in [2.05, 4.69) is 0 Å². The highest BCUT2D eigenvalue weighted by molar-refractivity contribution is 6.03. The second-order valence-corrected chi connectivity index (χ2v) is 2.98. The Morgan fingerprint density at radius 3 is 2.64 bits per heavy atom. The van der Waals surface area contributed by atoms with E-state index >= 15 is 0 Å². The largest absolute Gasteiger partial charge is 0.478 e. The fraction of sp³-hybridized carbons (Fsp3) is 0. The van der Waals surface area contributed by atoms with Crippen molar-refractivity contribution in [2.45, 2.75) is 0 Å². The Morgan fingerprint density at radius 1 is 1.21 bits per heavy atom. The monoisotopic (exact) mass is 190 g/mol. The molecule has 2 aromatic rings. The third kappa shape index (κ3) is 1.33. The predicted molar refractivity (Wildman–Crippen MR) is 50.9 cm³/mol. The summed E-state index contributed by atoms with van der Waals surface area (Å²) in [6.45, 7) is 0. The first-order chi connectivity index (χ1) is 6.68. The van der Waals surface area contributed by atoms with Gasteiger partial charge in [-0.1, -0.05) is 24.3 Å². The van der Waals surface area contributed by atoms with Crippen LogP contribution in [0.25, 0.3) is 10.8 Å². The quantitative estimate of drug-likeness (QED) is 0.750. The number of carboxylic acids is 1. The summed E-state index contributed by atoms with van der Waals surface area (Å²) in [4.78, 5) is 10.8. The van der Waals surface area contributed by atoms with Gasteiger partial charge < -0.3 is 5.11 Å². The van der Waals surface area contributed by atoms with Gasteiger partial charge in [-0.3, -0.25) is 0 Å². The Hall–Kier alpha value is -1.90. The molecule has 0 aliphatic rings. The van der Waals surface area contributed by atoms with E-state index < -0.39 is 11.8 Å². The first kappa shape index (κ1) is 8.69. The van der Waals surface area contributed by atoms with E-state index in [0.717, 1.165) is 6.07 Å². The molecule has 1 N–H and O–H groups in total. The highest BCUT2D eigenvalue weighted by atomic mass is 19.1. The molecular weight excluding hydrogens is 183 g/mol. The summed E-state index contributed by atoms with van der Waals surface area (Å²) in [7, 11) is 0. The van der Waals surface area contributed by atoms with Crippen LogP contribution in [-0.4, -0.2) is 11.1 Å². The van der Waals surface area contributed by atoms with Crippen molar-refractivity contribution < 1.29 is 14.3 Å². The van der Waals surface area contributed by atoms with Crippen LogP contribution in [0.5, 0.6) is 0 Å². The molecule has 0 aliphatic carbocycles. The van der Waals surface area contributed by atoms with E-state index in [4.69, 9.17) is 5.11 Å². The number of aromatic carboxylic acids is 1. The summed E-state index contributed by atoms with van der Waals surface area (Å²) < 4.78 is 13.0. The van der Waals surface area contributed by atoms with E-state index in [9.17, 15) is 9.18 Å². The lowest BCUT2D eigenvalue weighted by Gasteiger charge is -2.01. The second-order valence-electron chi connectivity index (χ2n) is 2.98. The Balaban J connectivity index is 2.87. The molecule has 0 radical (unpaired) electrons. The van der Waals surface area contributed by atoms with Gasteiger partial charge in [-0.2, -0.15) is 0 Å². The van der Waals surface area contributed by atoms with Gasteiger partial charge in [0, 0.05) is 0 Å². The number of carbonyl (C=O) groups is 1. The van der Waals surface area contributed by atoms with Crippen LogP contribution in [-0.2, 0) is 0 Å². The van der Waals surface area contributed by atoms with Crippen LogP contribution in [0.2, 0.25) is 0 Å². The van der Waals surface area contributed by atoms with Gasteiger partial charge in [-0.25, -0.2) is 9.18 Å². The minimum Gasteiger partial charge on any atom is -0.478 e. The van der Waals surface area contributed by atoms with Gasteiger partial charge in [0.1, 0.15) is 5.82 Å². The Morgan fingerprint density at radius 2 is 1.93 bits per heavy atom. The Kier molecular flexibility index (Phi) is 1.93. The van der Waals surface area contributed by atoms with Crippen molar-refractivity contribution in [2.24, 2.45) is 0 Å². The zero-order chi connectivity index (χ0) is 10.1. The van der Waals surface area contributed by atoms with E-state index in [-0.39, 0.29) is 5.56 Å². The topological polar surface area (TPSA) is 37.3 Å². The van der Waals surface area contributed by atoms with Crippen LogP contribution >= 0.6 is 0 Å². The number of carboxylic acid groups (broad SMARTS) is 1. The molecule has 0 spiro atoms. The van der Waals surface area contributed by atoms with Crippen LogP contribution in [0.3, 0.4) is 0 Å². The van der Waals surface area contributed by atoms with Gasteiger partial charge in [0.25, 0.3) is 0 Å². The molecule has 2 aromatic carbocycles. The molecule has 0 bridgehead atoms. The van der Waals surface area contributed by atoms with Crippen molar-refractivity contribution in [3.63, 3.8) is 0 Å². The van der Waals surface area contributed by atoms with Gasteiger partial charge in [0.05, 0.1) is 5.56 Å². The number of benzene rings is 2. The normalized spacial score (nSPS) is 10.4. The molecule has 0 saturated heterocycles. The lowest BCUT2D eigenvalue weighted by Crippen LogP contribution is -1.98. The van der Waals surface area contributed by atoms with Crippen molar-refractivity contribution in [3.8, 4) is 0 Å². The first-order valence-electron chi connectivity index (χ1n) is 4.10. The molecule has 0 fully saturated rings. The number of halogens is 1. The van der Waals surface area contributed by atoms with Crippen molar-refractivity contribution in [2.75, 3.05) is 0 Å². The molecule has 0 aromatic heterocycles. The zero-order valence-electron chi connectivity index (χ0n) is 7.20. The lowest BCUT2D eigenvalue weighted by atomic mass is 10.0. The average Bonchev–Trinajstić information content (AvgIpc) is 2.16. The minimum atomic E-state index is -1.11. The number of hydrogen-bond donors (Lipinski definition) is 1. The molecule has 0 atom stereocenters. The highest BCUT2D eigenvalue weighted by Gasteiger charge is 2.09. The molecule has 14 heavy (non-hydrogen) atoms. The summed E-state index contributed by atoms with van der Waals surface area (Å²) in [6, 6.07) is 9.18. The Bertz CT molecular complexity index is 506. The number of rotatable bonds is 1. The molecule has 3 heteroatoms. The maximum Gasteiger partial charge on any atom is 0.336 e. The Labute approximate surface area is 79.6 Å². The summed E-state index contributed by atoms with van der Waals surface area (Å²) >= 11 is 0. The van der Waals surface area contributed by atoms with Crippen LogP contribution < -0.4 is 0 Å². The van der Waals surface area contributed by atoms with Gasteiger partial charge in [-0.05, 0) is 22.9 Å². The number of hydrogen-bond acceptors (Lipinski definition) is 1. The van der Waals surface area contributed by atoms with E-state index in [0.29, 0.717) is 10.8 Å². The summed E-state index contributed by atoms with van der Waals surface area (Å²) in [5.74, 6) is -1.64. The molecule has 70 valence electrons. The molecule has 0 aliphatic heterocycles. The standard InChI is InChI=1S/C11H7FO2/c12-8-5-7-3-1-2-4-9(7)10(6-8)11(13)14/h1-6H,(H,13,14). The maximum atomic E-state index is 13.0. The smallest absolute Gasteiger partial charge is 0.336 e. The van der Waals surface area contributed by atoms with E-state index in [1.54, 1.807) is 24.3 Å². The molecule has 0 unspecified atom stereocenters. The lowest BCUT2D eigenvalue weighted by molar-refractivity contribution is 0.0698. The third-order valence-corrected chi connectivity index (χ3v) is 2.06. The van der Waals surface area contributed by atoms with Crippen LogP contribution in [0.1, 0.15) is 10.4 Å². The van der Waals surface area contributed by atoms with Crippen LogP contribution in [0, 0.1) is 5.82 Å². The predicted octanol–water partition coefficient (Wildman–Crippen LogP) is 2.68. The van der Waals surface area contributed by atoms with Gasteiger partial charge in [0.15, 0.2) is 0 Å².